The Labute approximate surface area is 102 Å². The SMILES string of the molecule is BC(=O)N1C[C@@H]2C(O)CC[C@@H]2C1C(=O)OCC. The molecule has 1 aliphatic heterocycles. The normalized spacial score (nSPS) is 35.8. The van der Waals surface area contributed by atoms with E-state index in [0.29, 0.717) is 13.2 Å². The van der Waals surface area contributed by atoms with Gasteiger partial charge in [-0.3, -0.25) is 4.79 Å². The molecule has 0 radical (unpaired) electrons. The number of fused-ring (bicyclic) bond motifs is 1. The van der Waals surface area contributed by atoms with Gasteiger partial charge in [-0.1, -0.05) is 0 Å². The molecule has 0 bridgehead atoms. The van der Waals surface area contributed by atoms with Crippen LogP contribution in [0, 0.1) is 11.8 Å². The van der Waals surface area contributed by atoms with Gasteiger partial charge in [-0.15, -0.1) is 0 Å². The average Bonchev–Trinajstić information content (AvgIpc) is 2.79. The number of esters is 1. The molecular weight excluding hydrogens is 221 g/mol. The molecule has 17 heavy (non-hydrogen) atoms. The van der Waals surface area contributed by atoms with Crippen LogP contribution < -0.4 is 0 Å². The Morgan fingerprint density at radius 2 is 2.12 bits per heavy atom. The van der Waals surface area contributed by atoms with E-state index in [9.17, 15) is 14.7 Å². The monoisotopic (exact) mass is 239 g/mol. The number of nitrogens with zero attached hydrogens (tertiary/aromatic N) is 1. The number of amides is 1. The zero-order valence-electron chi connectivity index (χ0n) is 10.3. The lowest BCUT2D eigenvalue weighted by Crippen LogP contribution is -2.43. The number of aliphatic hydroxyl groups is 1. The van der Waals surface area contributed by atoms with Crippen molar-refractivity contribution >= 4 is 19.6 Å². The van der Waals surface area contributed by atoms with Crippen LogP contribution in [0.3, 0.4) is 0 Å². The lowest BCUT2D eigenvalue weighted by molar-refractivity contribution is -0.148. The van der Waals surface area contributed by atoms with Crippen LogP contribution in [-0.2, 0) is 9.53 Å². The summed E-state index contributed by atoms with van der Waals surface area (Å²) >= 11 is 0. The summed E-state index contributed by atoms with van der Waals surface area (Å²) in [5.41, 5.74) is 0. The van der Waals surface area contributed by atoms with Gasteiger partial charge in [0.05, 0.1) is 12.7 Å². The van der Waals surface area contributed by atoms with Gasteiger partial charge < -0.3 is 14.7 Å². The highest BCUT2D eigenvalue weighted by Crippen LogP contribution is 2.42. The maximum Gasteiger partial charge on any atom is 0.329 e. The quantitative estimate of drug-likeness (QED) is 0.514. The van der Waals surface area contributed by atoms with Crippen LogP contribution in [0.4, 0.5) is 4.79 Å². The molecule has 2 fully saturated rings. The van der Waals surface area contributed by atoms with Gasteiger partial charge in [0, 0.05) is 12.5 Å². The molecular formula is C11H18BNO4. The molecule has 2 rings (SSSR count). The molecule has 0 aromatic carbocycles. The van der Waals surface area contributed by atoms with Crippen molar-refractivity contribution in [1.82, 2.24) is 4.90 Å². The van der Waals surface area contributed by atoms with Gasteiger partial charge in [0.25, 0.3) is 0 Å². The predicted octanol–water partition coefficient (Wildman–Crippen LogP) is -0.626. The van der Waals surface area contributed by atoms with Gasteiger partial charge in [0.1, 0.15) is 6.04 Å². The van der Waals surface area contributed by atoms with E-state index in [4.69, 9.17) is 4.74 Å². The zero-order chi connectivity index (χ0) is 12.6. The van der Waals surface area contributed by atoms with Crippen LogP contribution in [0.15, 0.2) is 0 Å². The molecule has 4 atom stereocenters. The molecule has 0 aromatic heterocycles. The maximum atomic E-state index is 11.9. The van der Waals surface area contributed by atoms with Crippen LogP contribution in [0.5, 0.6) is 0 Å². The Hall–Kier alpha value is -1.04. The highest BCUT2D eigenvalue weighted by atomic mass is 16.5. The van der Waals surface area contributed by atoms with E-state index in [1.165, 1.54) is 7.85 Å². The van der Waals surface area contributed by atoms with Gasteiger partial charge in [0.15, 0.2) is 5.81 Å². The summed E-state index contributed by atoms with van der Waals surface area (Å²) < 4.78 is 5.04. The molecule has 0 spiro atoms. The van der Waals surface area contributed by atoms with Gasteiger partial charge in [-0.05, 0) is 25.7 Å². The maximum absolute atomic E-state index is 11.9. The zero-order valence-corrected chi connectivity index (χ0v) is 10.3. The molecule has 2 aliphatic rings. The highest BCUT2D eigenvalue weighted by Gasteiger charge is 2.52. The Bertz CT molecular complexity index is 335. The van der Waals surface area contributed by atoms with E-state index in [0.717, 1.165) is 12.8 Å². The van der Waals surface area contributed by atoms with Gasteiger partial charge in [0.2, 0.25) is 7.85 Å². The summed E-state index contributed by atoms with van der Waals surface area (Å²) in [4.78, 5) is 25.0. The topological polar surface area (TPSA) is 66.8 Å². The lowest BCUT2D eigenvalue weighted by Gasteiger charge is -2.25. The van der Waals surface area contributed by atoms with Crippen molar-refractivity contribution < 1.29 is 19.4 Å². The number of aliphatic hydroxyl groups excluding tert-OH is 1. The highest BCUT2D eigenvalue weighted by molar-refractivity contribution is 6.57. The van der Waals surface area contributed by atoms with Gasteiger partial charge >= 0.3 is 5.97 Å². The number of carbonyl (C=O) groups excluding carboxylic acids is 2. The summed E-state index contributed by atoms with van der Waals surface area (Å²) in [6.07, 6.45) is 1.12. The van der Waals surface area contributed by atoms with Gasteiger partial charge in [-0.25, -0.2) is 4.79 Å². The minimum atomic E-state index is -0.491. The molecule has 1 saturated carbocycles. The number of likely N-dealkylation sites (tertiary alicyclic amines) is 1. The van der Waals surface area contributed by atoms with Crippen LogP contribution in [0.2, 0.25) is 0 Å². The standard InChI is InChI=1S/C11H18BNO4/c1-2-17-10(15)9-6-3-4-8(14)7(6)5-13(9)11(12)16/h6-9,14H,2-5,12H2,1H3/t6-,7-,8?,9?/m0/s1. The van der Waals surface area contributed by atoms with Gasteiger partial charge in [-0.2, -0.15) is 0 Å². The summed E-state index contributed by atoms with van der Waals surface area (Å²) in [5.74, 6) is -0.352. The third kappa shape index (κ3) is 2.06. The Balaban J connectivity index is 2.19. The van der Waals surface area contributed by atoms with Crippen molar-refractivity contribution in [2.45, 2.75) is 31.9 Å². The second-order valence-corrected chi connectivity index (χ2v) is 4.84. The third-order valence-electron chi connectivity index (χ3n) is 3.92. The minimum absolute atomic E-state index is 0.0355. The second kappa shape index (κ2) is 4.68. The van der Waals surface area contributed by atoms with Crippen LogP contribution >= 0.6 is 0 Å². The minimum Gasteiger partial charge on any atom is -0.464 e. The molecule has 5 nitrogen and oxygen atoms in total. The molecule has 1 amide bonds. The van der Waals surface area contributed by atoms with Crippen LogP contribution in [-0.4, -0.2) is 54.9 Å². The van der Waals surface area contributed by atoms with Crippen molar-refractivity contribution in [3.05, 3.63) is 0 Å². The smallest absolute Gasteiger partial charge is 0.329 e. The summed E-state index contributed by atoms with van der Waals surface area (Å²) in [6.45, 7) is 2.55. The van der Waals surface area contributed by atoms with Crippen LogP contribution in [0.25, 0.3) is 0 Å². The van der Waals surface area contributed by atoms with Crippen molar-refractivity contribution in [3.8, 4) is 0 Å². The summed E-state index contributed by atoms with van der Waals surface area (Å²) in [7, 11) is 1.46. The van der Waals surface area contributed by atoms with E-state index in [1.54, 1.807) is 11.8 Å². The van der Waals surface area contributed by atoms with E-state index >= 15 is 0 Å². The molecule has 2 unspecified atom stereocenters. The number of hydrogen-bond acceptors (Lipinski definition) is 4. The first-order valence-corrected chi connectivity index (χ1v) is 6.18. The predicted molar refractivity (Wildman–Crippen MR) is 63.3 cm³/mol. The third-order valence-corrected chi connectivity index (χ3v) is 3.92. The first-order chi connectivity index (χ1) is 8.06. The van der Waals surface area contributed by atoms with Crippen molar-refractivity contribution in [2.24, 2.45) is 11.8 Å². The second-order valence-electron chi connectivity index (χ2n) is 4.84. The molecule has 6 heteroatoms. The first kappa shape index (κ1) is 12.4. The summed E-state index contributed by atoms with van der Waals surface area (Å²) in [5, 5.41) is 9.84. The van der Waals surface area contributed by atoms with Crippen LogP contribution in [0.1, 0.15) is 19.8 Å². The molecule has 94 valence electrons. The number of hydrogen-bond donors (Lipinski definition) is 1. The average molecular weight is 239 g/mol. The van der Waals surface area contributed by atoms with E-state index in [1.807, 2.05) is 0 Å². The Morgan fingerprint density at radius 3 is 2.71 bits per heavy atom. The van der Waals surface area contributed by atoms with Crippen molar-refractivity contribution in [2.75, 3.05) is 13.2 Å². The number of carbonyl (C=O) groups is 2. The molecule has 1 heterocycles. The summed E-state index contributed by atoms with van der Waals surface area (Å²) in [6, 6.07) is -0.491. The molecule has 1 N–H and O–H groups in total. The fourth-order valence-corrected chi connectivity index (χ4v) is 3.15. The van der Waals surface area contributed by atoms with E-state index < -0.39 is 6.04 Å². The molecule has 1 saturated heterocycles. The fourth-order valence-electron chi connectivity index (χ4n) is 3.15. The fraction of sp³-hybridized carbons (Fsp3) is 0.818. The largest absolute Gasteiger partial charge is 0.464 e. The number of rotatable bonds is 2. The Kier molecular flexibility index (Phi) is 3.42. The van der Waals surface area contributed by atoms with E-state index in [2.05, 4.69) is 0 Å². The van der Waals surface area contributed by atoms with Crippen molar-refractivity contribution in [1.29, 1.82) is 0 Å². The molecule has 1 aliphatic carbocycles. The Morgan fingerprint density at radius 1 is 1.41 bits per heavy atom. The first-order valence-electron chi connectivity index (χ1n) is 6.18. The van der Waals surface area contributed by atoms with Crippen molar-refractivity contribution in [3.63, 3.8) is 0 Å². The number of ether oxygens (including phenoxy) is 1. The lowest BCUT2D eigenvalue weighted by atomic mass is 9.93. The van der Waals surface area contributed by atoms with E-state index in [-0.39, 0.29) is 29.7 Å². The molecule has 0 aromatic rings.